The van der Waals surface area contributed by atoms with E-state index in [0.29, 0.717) is 3.97 Å². The average molecular weight is 323 g/mol. The maximum Gasteiger partial charge on any atom is 0.358 e. The molecule has 118 valence electrons. The summed E-state index contributed by atoms with van der Waals surface area (Å²) >= 11 is 0. The lowest BCUT2D eigenvalue weighted by Gasteiger charge is -2.18. The molecular weight excluding hydrogens is 306 g/mol. The first-order valence-corrected chi connectivity index (χ1v) is 8.04. The minimum Gasteiger partial charge on any atom is -0.358 e. The highest BCUT2D eigenvalue weighted by Gasteiger charge is 2.31. The Morgan fingerprint density at radius 3 is 2.18 bits per heavy atom. The van der Waals surface area contributed by atoms with Crippen LogP contribution in [0, 0.1) is 17.0 Å². The van der Waals surface area contributed by atoms with E-state index in [0.717, 1.165) is 11.8 Å². The first kappa shape index (κ1) is 16.2. The van der Waals surface area contributed by atoms with Gasteiger partial charge in [0.25, 0.3) is 0 Å². The number of rotatable bonds is 3. The van der Waals surface area contributed by atoms with Gasteiger partial charge < -0.3 is 10.1 Å². The van der Waals surface area contributed by atoms with Crippen molar-refractivity contribution in [3.8, 4) is 0 Å². The molecule has 2 rings (SSSR count). The second kappa shape index (κ2) is 5.20. The Balaban J connectivity index is 2.57. The molecule has 7 nitrogen and oxygen atoms in total. The van der Waals surface area contributed by atoms with Crippen LogP contribution < -0.4 is 0 Å². The SMILES string of the molecule is Cc1ncc([N+](=O)[O-])n1S(=O)(=O)c1ccc(C(C)(C)C)cc1. The Kier molecular flexibility index (Phi) is 3.82. The van der Waals surface area contributed by atoms with Crippen LogP contribution in [0.2, 0.25) is 0 Å². The molecule has 0 fully saturated rings. The molecule has 0 N–H and O–H groups in total. The zero-order chi connectivity index (χ0) is 16.7. The predicted octanol–water partition coefficient (Wildman–Crippen LogP) is 2.63. The largest absolute Gasteiger partial charge is 0.358 e. The molecule has 0 amide bonds. The number of aryl methyl sites for hydroxylation is 1. The van der Waals surface area contributed by atoms with Crippen LogP contribution in [0.5, 0.6) is 0 Å². The summed E-state index contributed by atoms with van der Waals surface area (Å²) in [5, 5.41) is 11.0. The van der Waals surface area contributed by atoms with Crippen molar-refractivity contribution in [1.82, 2.24) is 8.96 Å². The fourth-order valence-corrected chi connectivity index (χ4v) is 3.52. The van der Waals surface area contributed by atoms with Gasteiger partial charge in [-0.05, 0) is 28.0 Å². The number of benzene rings is 1. The van der Waals surface area contributed by atoms with Crippen molar-refractivity contribution in [2.75, 3.05) is 0 Å². The van der Waals surface area contributed by atoms with E-state index in [2.05, 4.69) is 4.98 Å². The van der Waals surface area contributed by atoms with Crippen LogP contribution in [0.1, 0.15) is 32.2 Å². The van der Waals surface area contributed by atoms with Crippen LogP contribution in [0.3, 0.4) is 0 Å². The summed E-state index contributed by atoms with van der Waals surface area (Å²) in [5.41, 5.74) is 0.863. The molecule has 0 aliphatic carbocycles. The minimum atomic E-state index is -4.05. The monoisotopic (exact) mass is 323 g/mol. The molecule has 0 aliphatic rings. The van der Waals surface area contributed by atoms with Crippen LogP contribution in [-0.4, -0.2) is 22.3 Å². The van der Waals surface area contributed by atoms with Crippen molar-refractivity contribution in [2.45, 2.75) is 38.0 Å². The standard InChI is InChI=1S/C14H17N3O4S/c1-10-15-9-13(17(18)19)16(10)22(20,21)12-7-5-11(6-8-12)14(2,3)4/h5-9H,1-4H3. The number of hydrogen-bond acceptors (Lipinski definition) is 5. The van der Waals surface area contributed by atoms with Crippen LogP contribution in [0.15, 0.2) is 35.4 Å². The van der Waals surface area contributed by atoms with Crippen LogP contribution in [0.25, 0.3) is 0 Å². The molecule has 0 bridgehead atoms. The molecule has 0 unspecified atom stereocenters. The summed E-state index contributed by atoms with van der Waals surface area (Å²) in [5.74, 6) is -0.524. The number of aromatic nitrogens is 2. The van der Waals surface area contributed by atoms with Gasteiger partial charge in [-0.15, -0.1) is 0 Å². The summed E-state index contributed by atoms with van der Waals surface area (Å²) in [6.07, 6.45) is 0.941. The molecule has 0 aliphatic heterocycles. The molecule has 0 spiro atoms. The van der Waals surface area contributed by atoms with E-state index in [1.54, 1.807) is 12.1 Å². The predicted molar refractivity (Wildman–Crippen MR) is 81.3 cm³/mol. The van der Waals surface area contributed by atoms with Crippen LogP contribution in [0.4, 0.5) is 5.82 Å². The summed E-state index contributed by atoms with van der Waals surface area (Å²) < 4.78 is 25.9. The number of nitro groups is 1. The van der Waals surface area contributed by atoms with E-state index < -0.39 is 20.8 Å². The molecule has 0 radical (unpaired) electrons. The van der Waals surface area contributed by atoms with Crippen LogP contribution in [-0.2, 0) is 15.4 Å². The summed E-state index contributed by atoms with van der Waals surface area (Å²) in [7, 11) is -4.05. The highest BCUT2D eigenvalue weighted by Crippen LogP contribution is 2.26. The summed E-state index contributed by atoms with van der Waals surface area (Å²) in [4.78, 5) is 13.9. The third-order valence-electron chi connectivity index (χ3n) is 3.31. The Morgan fingerprint density at radius 2 is 1.73 bits per heavy atom. The molecule has 0 atom stereocenters. The lowest BCUT2D eigenvalue weighted by atomic mass is 9.87. The lowest BCUT2D eigenvalue weighted by molar-refractivity contribution is -0.390. The molecule has 8 heteroatoms. The van der Waals surface area contributed by atoms with Crippen molar-refractivity contribution in [3.63, 3.8) is 0 Å². The van der Waals surface area contributed by atoms with Gasteiger partial charge in [0, 0.05) is 6.92 Å². The van der Waals surface area contributed by atoms with Gasteiger partial charge in [-0.3, -0.25) is 0 Å². The van der Waals surface area contributed by atoms with E-state index in [9.17, 15) is 18.5 Å². The van der Waals surface area contributed by atoms with Crippen molar-refractivity contribution >= 4 is 15.8 Å². The zero-order valence-corrected chi connectivity index (χ0v) is 13.6. The molecular formula is C14H17N3O4S. The Morgan fingerprint density at radius 1 is 1.18 bits per heavy atom. The summed E-state index contributed by atoms with van der Waals surface area (Å²) in [6.45, 7) is 7.46. The van der Waals surface area contributed by atoms with Crippen molar-refractivity contribution in [1.29, 1.82) is 0 Å². The van der Waals surface area contributed by atoms with Crippen LogP contribution >= 0.6 is 0 Å². The second-order valence-corrected chi connectivity index (χ2v) is 7.75. The minimum absolute atomic E-state index is 0.00954. The van der Waals surface area contributed by atoms with Crippen molar-refractivity contribution < 1.29 is 13.3 Å². The van der Waals surface area contributed by atoms with Gasteiger partial charge in [0.2, 0.25) is 5.82 Å². The average Bonchev–Trinajstić information content (AvgIpc) is 2.80. The molecule has 0 saturated heterocycles. The molecule has 1 heterocycles. The molecule has 1 aromatic heterocycles. The lowest BCUT2D eigenvalue weighted by Crippen LogP contribution is -2.17. The fourth-order valence-electron chi connectivity index (χ4n) is 2.07. The van der Waals surface area contributed by atoms with Gasteiger partial charge in [0.15, 0.2) is 0 Å². The third-order valence-corrected chi connectivity index (χ3v) is 5.11. The number of hydrogen-bond donors (Lipinski definition) is 0. The third kappa shape index (κ3) is 2.74. The second-order valence-electron chi connectivity index (χ2n) is 5.96. The normalized spacial score (nSPS) is 12.4. The van der Waals surface area contributed by atoms with Gasteiger partial charge in [-0.2, -0.15) is 8.42 Å². The highest BCUT2D eigenvalue weighted by molar-refractivity contribution is 7.90. The van der Waals surface area contributed by atoms with Gasteiger partial charge in [-0.25, -0.2) is 4.98 Å². The fraction of sp³-hybridized carbons (Fsp3) is 0.357. The molecule has 2 aromatic rings. The zero-order valence-electron chi connectivity index (χ0n) is 12.8. The van der Waals surface area contributed by atoms with Gasteiger partial charge >= 0.3 is 15.8 Å². The summed E-state index contributed by atoms with van der Waals surface area (Å²) in [6, 6.07) is 6.34. The number of nitrogens with zero attached hydrogens (tertiary/aromatic N) is 3. The first-order chi connectivity index (χ1) is 10.0. The van der Waals surface area contributed by atoms with Crippen molar-refractivity contribution in [2.24, 2.45) is 0 Å². The first-order valence-electron chi connectivity index (χ1n) is 6.60. The maximum atomic E-state index is 12.6. The molecule has 1 aromatic carbocycles. The Hall–Kier alpha value is -2.22. The smallest absolute Gasteiger partial charge is 0.358 e. The molecule has 0 saturated carbocycles. The van der Waals surface area contributed by atoms with E-state index in [1.807, 2.05) is 20.8 Å². The Labute approximate surface area is 128 Å². The number of imidazole rings is 1. The maximum absolute atomic E-state index is 12.6. The van der Waals surface area contributed by atoms with E-state index in [1.165, 1.54) is 19.1 Å². The highest BCUT2D eigenvalue weighted by atomic mass is 32.2. The van der Waals surface area contributed by atoms with Gasteiger partial charge in [0.05, 0.1) is 0 Å². The quantitative estimate of drug-likeness (QED) is 0.639. The van der Waals surface area contributed by atoms with Gasteiger partial charge in [0.1, 0.15) is 11.1 Å². The topological polar surface area (TPSA) is 95.1 Å². The van der Waals surface area contributed by atoms with Crippen molar-refractivity contribution in [3.05, 3.63) is 52.0 Å². The van der Waals surface area contributed by atoms with E-state index in [-0.39, 0.29) is 16.1 Å². The van der Waals surface area contributed by atoms with E-state index >= 15 is 0 Å². The molecule has 22 heavy (non-hydrogen) atoms. The van der Waals surface area contributed by atoms with E-state index in [4.69, 9.17) is 0 Å². The van der Waals surface area contributed by atoms with Gasteiger partial charge in [-0.1, -0.05) is 36.9 Å². The Bertz CT molecular complexity index is 815.